The lowest BCUT2D eigenvalue weighted by atomic mass is 10.1. The van der Waals surface area contributed by atoms with Crippen LogP contribution in [0.2, 0.25) is 0 Å². The molecule has 1 fully saturated rings. The van der Waals surface area contributed by atoms with E-state index < -0.39 is 18.0 Å². The van der Waals surface area contributed by atoms with Gasteiger partial charge in [0, 0.05) is 14.1 Å². The molecule has 3 amide bonds. The van der Waals surface area contributed by atoms with Crippen molar-refractivity contribution in [3.8, 4) is 0 Å². The second kappa shape index (κ2) is 5.68. The van der Waals surface area contributed by atoms with Crippen molar-refractivity contribution in [2.45, 2.75) is 6.04 Å². The summed E-state index contributed by atoms with van der Waals surface area (Å²) in [5.41, 5.74) is 0. The molecule has 2 aliphatic heterocycles. The van der Waals surface area contributed by atoms with Gasteiger partial charge in [0.25, 0.3) is 17.8 Å². The average Bonchev–Trinajstić information content (AvgIpc) is 2.80. The lowest BCUT2D eigenvalue weighted by Gasteiger charge is -2.30. The number of urea groups is 1. The van der Waals surface area contributed by atoms with Crippen LogP contribution < -0.4 is 0 Å². The molecule has 0 saturated carbocycles. The van der Waals surface area contributed by atoms with E-state index in [0.717, 1.165) is 16.7 Å². The fraction of sp³-hybridized carbons (Fsp3) is 0.417. The molecule has 0 aliphatic carbocycles. The number of amides is 3. The Balaban J connectivity index is 2.40. The highest BCUT2D eigenvalue weighted by Crippen LogP contribution is 2.22. The largest absolute Gasteiger partial charge is 0.481 e. The first-order valence-electron chi connectivity index (χ1n) is 6.11. The Morgan fingerprint density at radius 3 is 2.71 bits per heavy atom. The second-order valence-electron chi connectivity index (χ2n) is 4.52. The van der Waals surface area contributed by atoms with Gasteiger partial charge in [-0.1, -0.05) is 12.7 Å². The molecule has 2 heterocycles. The van der Waals surface area contributed by atoms with E-state index in [1.54, 1.807) is 10.7 Å². The SMILES string of the molecule is C=CC[N+]1=C(SCC(=O)O)N=C2C1C(=O)N(C)C(=O)N2C. The molecular weight excluding hydrogens is 296 g/mol. The number of aliphatic imine (C=N–C) groups is 1. The molecule has 112 valence electrons. The number of rotatable bonds is 4. The Bertz CT molecular complexity index is 598. The number of hydrogen-bond donors (Lipinski definition) is 1. The maximum absolute atomic E-state index is 12.3. The lowest BCUT2D eigenvalue weighted by molar-refractivity contribution is -0.522. The molecule has 0 aromatic heterocycles. The highest BCUT2D eigenvalue weighted by molar-refractivity contribution is 8.14. The van der Waals surface area contributed by atoms with Crippen LogP contribution in [0.5, 0.6) is 0 Å². The molecule has 0 spiro atoms. The third-order valence-corrected chi connectivity index (χ3v) is 4.12. The van der Waals surface area contributed by atoms with Gasteiger partial charge in [0.05, 0.1) is 0 Å². The highest BCUT2D eigenvalue weighted by Gasteiger charge is 2.52. The predicted molar refractivity (Wildman–Crippen MR) is 77.6 cm³/mol. The van der Waals surface area contributed by atoms with Crippen LogP contribution in [0.4, 0.5) is 4.79 Å². The number of imide groups is 1. The summed E-state index contributed by atoms with van der Waals surface area (Å²) in [5.74, 6) is -1.22. The van der Waals surface area contributed by atoms with Crippen LogP contribution in [0.3, 0.4) is 0 Å². The molecule has 9 heteroatoms. The van der Waals surface area contributed by atoms with Crippen LogP contribution in [-0.4, -0.2) is 80.8 Å². The van der Waals surface area contributed by atoms with Gasteiger partial charge in [-0.05, 0) is 16.8 Å². The van der Waals surface area contributed by atoms with Crippen molar-refractivity contribution < 1.29 is 24.1 Å². The van der Waals surface area contributed by atoms with Gasteiger partial charge in [-0.25, -0.2) is 9.37 Å². The smallest absolute Gasteiger partial charge is 0.358 e. The number of hydrogen-bond acceptors (Lipinski definition) is 5. The summed E-state index contributed by atoms with van der Waals surface area (Å²) in [5, 5.41) is 9.18. The van der Waals surface area contributed by atoms with E-state index in [-0.39, 0.29) is 11.7 Å². The van der Waals surface area contributed by atoms with Crippen LogP contribution in [0, 0.1) is 0 Å². The fourth-order valence-corrected chi connectivity index (χ4v) is 2.90. The van der Waals surface area contributed by atoms with E-state index in [9.17, 15) is 14.4 Å². The summed E-state index contributed by atoms with van der Waals surface area (Å²) < 4.78 is 1.65. The standard InChI is InChI=1S/C12H14N4O4S/c1-4-5-16-8-9(13-11(16)21-6-7(17)18)14(2)12(20)15(3)10(8)19/h4,8H,1,5-6H2,2-3H3/p+1. The Hall–Kier alpha value is -2.16. The van der Waals surface area contributed by atoms with Crippen molar-refractivity contribution >= 4 is 40.7 Å². The van der Waals surface area contributed by atoms with Gasteiger partial charge in [0.2, 0.25) is 0 Å². The number of thioether (sulfide) groups is 1. The van der Waals surface area contributed by atoms with Gasteiger partial charge >= 0.3 is 17.2 Å². The van der Waals surface area contributed by atoms with Crippen LogP contribution in [0.15, 0.2) is 17.6 Å². The van der Waals surface area contributed by atoms with Gasteiger partial charge in [-0.3, -0.25) is 19.4 Å². The summed E-state index contributed by atoms with van der Waals surface area (Å²) >= 11 is 1.01. The van der Waals surface area contributed by atoms with E-state index >= 15 is 0 Å². The van der Waals surface area contributed by atoms with E-state index in [0.29, 0.717) is 17.5 Å². The normalized spacial score (nSPS) is 21.6. The van der Waals surface area contributed by atoms with E-state index in [2.05, 4.69) is 11.6 Å². The monoisotopic (exact) mass is 311 g/mol. The van der Waals surface area contributed by atoms with Crippen molar-refractivity contribution in [3.63, 3.8) is 0 Å². The van der Waals surface area contributed by atoms with E-state index in [4.69, 9.17) is 5.11 Å². The van der Waals surface area contributed by atoms with Crippen molar-refractivity contribution in [3.05, 3.63) is 12.7 Å². The minimum Gasteiger partial charge on any atom is -0.481 e. The van der Waals surface area contributed by atoms with Crippen LogP contribution >= 0.6 is 11.8 Å². The minimum absolute atomic E-state index is 0.172. The summed E-state index contributed by atoms with van der Waals surface area (Å²) in [6.45, 7) is 3.97. The zero-order valence-corrected chi connectivity index (χ0v) is 12.5. The van der Waals surface area contributed by atoms with Gasteiger partial charge in [0.1, 0.15) is 12.3 Å². The molecule has 0 radical (unpaired) electrons. The van der Waals surface area contributed by atoms with Gasteiger partial charge in [0.15, 0.2) is 0 Å². The average molecular weight is 311 g/mol. The molecule has 1 unspecified atom stereocenters. The van der Waals surface area contributed by atoms with Crippen molar-refractivity contribution in [1.82, 2.24) is 9.80 Å². The third-order valence-electron chi connectivity index (χ3n) is 3.14. The Labute approximate surface area is 125 Å². The third kappa shape index (κ3) is 2.56. The summed E-state index contributed by atoms with van der Waals surface area (Å²) in [6.07, 6.45) is 1.60. The molecule has 8 nitrogen and oxygen atoms in total. The summed E-state index contributed by atoms with van der Waals surface area (Å²) in [4.78, 5) is 41.5. The second-order valence-corrected chi connectivity index (χ2v) is 5.46. The fourth-order valence-electron chi connectivity index (χ4n) is 2.14. The molecule has 2 rings (SSSR count). The van der Waals surface area contributed by atoms with Gasteiger partial charge in [-0.15, -0.1) is 0 Å². The number of amidine groups is 2. The molecular formula is C12H15N4O4S+. The number of likely N-dealkylation sites (N-methyl/N-ethyl adjacent to an activating group) is 2. The molecule has 0 aromatic carbocycles. The summed E-state index contributed by atoms with van der Waals surface area (Å²) in [6, 6.07) is -1.18. The number of carboxylic acids is 1. The first-order chi connectivity index (χ1) is 9.88. The van der Waals surface area contributed by atoms with Crippen LogP contribution in [0.1, 0.15) is 0 Å². The number of nitrogens with zero attached hydrogens (tertiary/aromatic N) is 4. The first kappa shape index (κ1) is 15.2. The number of fused-ring (bicyclic) bond motifs is 1. The maximum atomic E-state index is 12.3. The van der Waals surface area contributed by atoms with Gasteiger partial charge < -0.3 is 5.11 Å². The number of carboxylic acid groups (broad SMARTS) is 1. The molecule has 0 aromatic rings. The molecule has 1 saturated heterocycles. The van der Waals surface area contributed by atoms with Crippen LogP contribution in [0.25, 0.3) is 0 Å². The molecule has 1 N–H and O–H groups in total. The van der Waals surface area contributed by atoms with Crippen molar-refractivity contribution in [1.29, 1.82) is 0 Å². The summed E-state index contributed by atoms with van der Waals surface area (Å²) in [7, 11) is 2.94. The van der Waals surface area contributed by atoms with Gasteiger partial charge in [-0.2, -0.15) is 0 Å². The minimum atomic E-state index is -0.978. The molecule has 0 bridgehead atoms. The first-order valence-corrected chi connectivity index (χ1v) is 7.10. The Morgan fingerprint density at radius 1 is 1.48 bits per heavy atom. The van der Waals surface area contributed by atoms with E-state index in [1.165, 1.54) is 19.0 Å². The maximum Gasteiger partial charge on any atom is 0.358 e. The Kier molecular flexibility index (Phi) is 4.12. The van der Waals surface area contributed by atoms with E-state index in [1.807, 2.05) is 0 Å². The quantitative estimate of drug-likeness (QED) is 0.566. The lowest BCUT2D eigenvalue weighted by Crippen LogP contribution is -2.61. The predicted octanol–water partition coefficient (Wildman–Crippen LogP) is -0.337. The zero-order valence-electron chi connectivity index (χ0n) is 11.6. The number of aliphatic carboxylic acids is 1. The molecule has 21 heavy (non-hydrogen) atoms. The number of carbonyl (C=O) groups is 3. The number of carbonyl (C=O) groups excluding carboxylic acids is 2. The molecule has 1 atom stereocenters. The topological polar surface area (TPSA) is 93.3 Å². The Morgan fingerprint density at radius 2 is 2.14 bits per heavy atom. The van der Waals surface area contributed by atoms with Crippen molar-refractivity contribution in [2.24, 2.45) is 4.99 Å². The zero-order chi connectivity index (χ0) is 15.7. The van der Waals surface area contributed by atoms with Crippen molar-refractivity contribution in [2.75, 3.05) is 26.4 Å². The molecule has 2 aliphatic rings. The highest BCUT2D eigenvalue weighted by atomic mass is 32.2. The van der Waals surface area contributed by atoms with Crippen LogP contribution in [-0.2, 0) is 9.59 Å².